The summed E-state index contributed by atoms with van der Waals surface area (Å²) >= 11 is 0. The molecule has 0 aliphatic heterocycles. The maximum atomic E-state index is 10.6. The summed E-state index contributed by atoms with van der Waals surface area (Å²) in [5.41, 5.74) is 2.09. The normalized spacial score (nSPS) is 10.7. The third-order valence-corrected chi connectivity index (χ3v) is 2.76. The van der Waals surface area contributed by atoms with Gasteiger partial charge in [0, 0.05) is 18.1 Å². The molecule has 0 atom stereocenters. The molecule has 1 heterocycles. The van der Waals surface area contributed by atoms with Crippen LogP contribution in [-0.2, 0) is 11.3 Å². The fraction of sp³-hybridized carbons (Fsp3) is 0.308. The van der Waals surface area contributed by atoms with Crippen LogP contribution in [0.2, 0.25) is 0 Å². The Balaban J connectivity index is 2.47. The molecule has 1 aromatic heterocycles. The van der Waals surface area contributed by atoms with E-state index in [0.29, 0.717) is 6.54 Å². The van der Waals surface area contributed by atoms with Gasteiger partial charge in [0.25, 0.3) is 0 Å². The van der Waals surface area contributed by atoms with Gasteiger partial charge in [0.1, 0.15) is 5.75 Å². The highest BCUT2D eigenvalue weighted by Gasteiger charge is 2.09. The standard InChI is InChI=1S/C13H15NO3/c1-9-7-10-3-5-14(6-4-12(15)16)13(10)11(8-9)17-2/h3,5,7-8H,4,6H2,1-2H3,(H,15,16). The number of carboxylic acids is 1. The second-order valence-corrected chi connectivity index (χ2v) is 4.06. The average molecular weight is 233 g/mol. The van der Waals surface area contributed by atoms with Gasteiger partial charge in [-0.3, -0.25) is 4.79 Å². The number of ether oxygens (including phenoxy) is 1. The van der Waals surface area contributed by atoms with Crippen molar-refractivity contribution in [1.29, 1.82) is 0 Å². The minimum Gasteiger partial charge on any atom is -0.495 e. The van der Waals surface area contributed by atoms with Crippen molar-refractivity contribution in [1.82, 2.24) is 4.57 Å². The van der Waals surface area contributed by atoms with E-state index in [1.54, 1.807) is 7.11 Å². The van der Waals surface area contributed by atoms with Crippen molar-refractivity contribution in [3.8, 4) is 5.75 Å². The Morgan fingerprint density at radius 2 is 2.24 bits per heavy atom. The van der Waals surface area contributed by atoms with E-state index < -0.39 is 5.97 Å². The summed E-state index contributed by atoms with van der Waals surface area (Å²) in [5, 5.41) is 9.79. The molecule has 0 aliphatic carbocycles. The average Bonchev–Trinajstić information content (AvgIpc) is 2.68. The van der Waals surface area contributed by atoms with Crippen molar-refractivity contribution >= 4 is 16.9 Å². The second kappa shape index (κ2) is 4.49. The van der Waals surface area contributed by atoms with Crippen molar-refractivity contribution in [2.24, 2.45) is 0 Å². The molecular formula is C13H15NO3. The zero-order valence-electron chi connectivity index (χ0n) is 9.93. The fourth-order valence-electron chi connectivity index (χ4n) is 2.01. The van der Waals surface area contributed by atoms with Crippen LogP contribution in [0.15, 0.2) is 24.4 Å². The van der Waals surface area contributed by atoms with Crippen LogP contribution in [0, 0.1) is 6.92 Å². The summed E-state index contributed by atoms with van der Waals surface area (Å²) in [5.74, 6) is -0.00619. The van der Waals surface area contributed by atoms with Crippen LogP contribution in [0.3, 0.4) is 0 Å². The van der Waals surface area contributed by atoms with E-state index in [9.17, 15) is 4.79 Å². The van der Waals surface area contributed by atoms with E-state index in [1.807, 2.05) is 29.8 Å². The molecule has 90 valence electrons. The number of nitrogens with zero attached hydrogens (tertiary/aromatic N) is 1. The SMILES string of the molecule is COc1cc(C)cc2ccn(CCC(=O)O)c12. The summed E-state index contributed by atoms with van der Waals surface area (Å²) in [7, 11) is 1.63. The van der Waals surface area contributed by atoms with E-state index in [-0.39, 0.29) is 6.42 Å². The van der Waals surface area contributed by atoms with Gasteiger partial charge in [-0.15, -0.1) is 0 Å². The Hall–Kier alpha value is -1.97. The van der Waals surface area contributed by atoms with Gasteiger partial charge in [0.05, 0.1) is 19.0 Å². The highest BCUT2D eigenvalue weighted by molar-refractivity contribution is 5.87. The van der Waals surface area contributed by atoms with Gasteiger partial charge in [-0.2, -0.15) is 0 Å². The Labute approximate surface area is 99.4 Å². The first kappa shape index (κ1) is 11.5. The topological polar surface area (TPSA) is 51.5 Å². The smallest absolute Gasteiger partial charge is 0.305 e. The number of methoxy groups -OCH3 is 1. The third kappa shape index (κ3) is 2.25. The third-order valence-electron chi connectivity index (χ3n) is 2.76. The first-order valence-electron chi connectivity index (χ1n) is 5.47. The summed E-state index contributed by atoms with van der Waals surface area (Å²) in [6.07, 6.45) is 2.01. The summed E-state index contributed by atoms with van der Waals surface area (Å²) in [6.45, 7) is 2.47. The van der Waals surface area contributed by atoms with Crippen LogP contribution in [0.4, 0.5) is 0 Å². The molecule has 0 spiro atoms. The molecule has 0 radical (unpaired) electrons. The molecule has 17 heavy (non-hydrogen) atoms. The van der Waals surface area contributed by atoms with E-state index in [1.165, 1.54) is 0 Å². The lowest BCUT2D eigenvalue weighted by atomic mass is 10.1. The molecule has 0 amide bonds. The molecule has 4 nitrogen and oxygen atoms in total. The summed E-state index contributed by atoms with van der Waals surface area (Å²) < 4.78 is 7.26. The highest BCUT2D eigenvalue weighted by atomic mass is 16.5. The fourth-order valence-corrected chi connectivity index (χ4v) is 2.01. The number of rotatable bonds is 4. The molecule has 0 saturated carbocycles. The number of hydrogen-bond donors (Lipinski definition) is 1. The molecule has 0 unspecified atom stereocenters. The van der Waals surface area contributed by atoms with Crippen molar-refractivity contribution in [3.63, 3.8) is 0 Å². The molecule has 2 aromatic rings. The number of benzene rings is 1. The van der Waals surface area contributed by atoms with Gasteiger partial charge >= 0.3 is 5.97 Å². The lowest BCUT2D eigenvalue weighted by Gasteiger charge is -2.09. The second-order valence-electron chi connectivity index (χ2n) is 4.06. The minimum atomic E-state index is -0.794. The van der Waals surface area contributed by atoms with Crippen LogP contribution in [0.25, 0.3) is 10.9 Å². The van der Waals surface area contributed by atoms with Gasteiger partial charge in [-0.1, -0.05) is 0 Å². The molecule has 1 N–H and O–H groups in total. The Bertz CT molecular complexity index is 557. The number of hydrogen-bond acceptors (Lipinski definition) is 2. The van der Waals surface area contributed by atoms with E-state index in [0.717, 1.165) is 22.2 Å². The largest absolute Gasteiger partial charge is 0.495 e. The number of aromatic nitrogens is 1. The first-order chi connectivity index (χ1) is 8.11. The lowest BCUT2D eigenvalue weighted by Crippen LogP contribution is -2.04. The maximum absolute atomic E-state index is 10.6. The molecule has 1 aromatic carbocycles. The molecule has 2 rings (SSSR count). The molecule has 0 saturated heterocycles. The Morgan fingerprint density at radius 1 is 1.47 bits per heavy atom. The van der Waals surface area contributed by atoms with Crippen molar-refractivity contribution in [2.45, 2.75) is 19.9 Å². The molecule has 4 heteroatoms. The molecule has 0 aliphatic rings. The summed E-state index contributed by atoms with van der Waals surface area (Å²) in [6, 6.07) is 6.00. The first-order valence-corrected chi connectivity index (χ1v) is 5.47. The van der Waals surface area contributed by atoms with Crippen LogP contribution < -0.4 is 4.74 Å². The zero-order valence-corrected chi connectivity index (χ0v) is 9.93. The van der Waals surface area contributed by atoms with Gasteiger partial charge in [0.2, 0.25) is 0 Å². The number of aryl methyl sites for hydroxylation is 2. The van der Waals surface area contributed by atoms with Crippen molar-refractivity contribution < 1.29 is 14.6 Å². The monoisotopic (exact) mass is 233 g/mol. The Morgan fingerprint density at radius 3 is 2.88 bits per heavy atom. The van der Waals surface area contributed by atoms with Crippen molar-refractivity contribution in [2.75, 3.05) is 7.11 Å². The number of fused-ring (bicyclic) bond motifs is 1. The Kier molecular flexibility index (Phi) is 3.04. The van der Waals surface area contributed by atoms with Gasteiger partial charge in [-0.25, -0.2) is 0 Å². The van der Waals surface area contributed by atoms with Gasteiger partial charge in [-0.05, 0) is 30.7 Å². The maximum Gasteiger partial charge on any atom is 0.305 e. The van der Waals surface area contributed by atoms with Crippen molar-refractivity contribution in [3.05, 3.63) is 30.0 Å². The van der Waals surface area contributed by atoms with Crippen LogP contribution in [0.1, 0.15) is 12.0 Å². The van der Waals surface area contributed by atoms with Gasteiger partial charge in [0.15, 0.2) is 0 Å². The number of aliphatic carboxylic acids is 1. The predicted octanol–water partition coefficient (Wildman–Crippen LogP) is 2.43. The van der Waals surface area contributed by atoms with Crippen LogP contribution >= 0.6 is 0 Å². The summed E-state index contributed by atoms with van der Waals surface area (Å²) in [4.78, 5) is 10.6. The quantitative estimate of drug-likeness (QED) is 0.882. The van der Waals surface area contributed by atoms with E-state index in [4.69, 9.17) is 9.84 Å². The van der Waals surface area contributed by atoms with Crippen LogP contribution in [0.5, 0.6) is 5.75 Å². The zero-order chi connectivity index (χ0) is 12.4. The molecular weight excluding hydrogens is 218 g/mol. The van der Waals surface area contributed by atoms with Gasteiger partial charge < -0.3 is 14.4 Å². The number of carboxylic acid groups (broad SMARTS) is 1. The molecule has 0 bridgehead atoms. The number of carbonyl (C=O) groups is 1. The lowest BCUT2D eigenvalue weighted by molar-refractivity contribution is -0.137. The van der Waals surface area contributed by atoms with E-state index in [2.05, 4.69) is 6.07 Å². The minimum absolute atomic E-state index is 0.112. The highest BCUT2D eigenvalue weighted by Crippen LogP contribution is 2.28. The predicted molar refractivity (Wildman–Crippen MR) is 65.5 cm³/mol. The molecule has 0 fully saturated rings. The van der Waals surface area contributed by atoms with Crippen LogP contribution in [-0.4, -0.2) is 22.8 Å². The van der Waals surface area contributed by atoms with E-state index >= 15 is 0 Å².